The summed E-state index contributed by atoms with van der Waals surface area (Å²) in [6.07, 6.45) is 4.00. The molecule has 2 rings (SSSR count). The Kier molecular flexibility index (Phi) is 3.50. The van der Waals surface area contributed by atoms with Gasteiger partial charge in [-0.1, -0.05) is 24.6 Å². The van der Waals surface area contributed by atoms with Crippen molar-refractivity contribution in [1.29, 1.82) is 0 Å². The molecule has 90 valence electrons. The summed E-state index contributed by atoms with van der Waals surface area (Å²) in [5.74, 6) is 0.992. The second-order valence-corrected chi connectivity index (χ2v) is 4.36. The fourth-order valence-corrected chi connectivity index (χ4v) is 2.17. The second kappa shape index (κ2) is 4.90. The predicted molar refractivity (Wildman–Crippen MR) is 68.6 cm³/mol. The van der Waals surface area contributed by atoms with E-state index in [9.17, 15) is 5.11 Å². The molecule has 3 nitrogen and oxygen atoms in total. The fraction of sp³-hybridized carbons (Fsp3) is 0.308. The molecule has 0 saturated carbocycles. The molecule has 1 aromatic carbocycles. The zero-order chi connectivity index (χ0) is 12.4. The van der Waals surface area contributed by atoms with E-state index in [4.69, 9.17) is 11.6 Å². The van der Waals surface area contributed by atoms with Crippen molar-refractivity contribution in [2.24, 2.45) is 0 Å². The van der Waals surface area contributed by atoms with E-state index >= 15 is 0 Å². The first-order valence-electron chi connectivity index (χ1n) is 5.63. The van der Waals surface area contributed by atoms with Gasteiger partial charge in [-0.15, -0.1) is 0 Å². The number of halogens is 1. The third-order valence-electron chi connectivity index (χ3n) is 2.75. The fourth-order valence-electron chi connectivity index (χ4n) is 1.84. The molecule has 0 bridgehead atoms. The van der Waals surface area contributed by atoms with Crippen LogP contribution in [0.1, 0.15) is 31.3 Å². The van der Waals surface area contributed by atoms with Crippen LogP contribution in [0.3, 0.4) is 0 Å². The van der Waals surface area contributed by atoms with Gasteiger partial charge in [-0.25, -0.2) is 4.98 Å². The molecule has 1 N–H and O–H groups in total. The average Bonchev–Trinajstić information content (AvgIpc) is 2.76. The molecule has 0 aliphatic rings. The molecule has 0 fully saturated rings. The smallest absolute Gasteiger partial charge is 0.112 e. The van der Waals surface area contributed by atoms with Crippen LogP contribution in [-0.4, -0.2) is 14.7 Å². The summed E-state index contributed by atoms with van der Waals surface area (Å²) in [4.78, 5) is 4.27. The van der Waals surface area contributed by atoms with E-state index < -0.39 is 6.10 Å². The van der Waals surface area contributed by atoms with E-state index in [-0.39, 0.29) is 0 Å². The number of aliphatic hydroxyl groups is 1. The topological polar surface area (TPSA) is 38.0 Å². The van der Waals surface area contributed by atoms with Crippen molar-refractivity contribution in [2.45, 2.75) is 26.4 Å². The van der Waals surface area contributed by atoms with Crippen LogP contribution in [0.4, 0.5) is 0 Å². The van der Waals surface area contributed by atoms with Gasteiger partial charge in [0.2, 0.25) is 0 Å². The van der Waals surface area contributed by atoms with Crippen LogP contribution in [-0.2, 0) is 6.42 Å². The lowest BCUT2D eigenvalue weighted by atomic mass is 10.1. The summed E-state index contributed by atoms with van der Waals surface area (Å²) in [5, 5.41) is 10.1. The van der Waals surface area contributed by atoms with E-state index in [0.717, 1.165) is 23.5 Å². The zero-order valence-corrected chi connectivity index (χ0v) is 10.6. The van der Waals surface area contributed by atoms with Gasteiger partial charge in [0, 0.05) is 29.5 Å². The van der Waals surface area contributed by atoms with Gasteiger partial charge in [0.15, 0.2) is 0 Å². The first-order chi connectivity index (χ1) is 8.13. The van der Waals surface area contributed by atoms with Gasteiger partial charge < -0.3 is 9.67 Å². The Morgan fingerprint density at radius 3 is 2.82 bits per heavy atom. The molecular weight excluding hydrogens is 236 g/mol. The normalized spacial score (nSPS) is 12.7. The van der Waals surface area contributed by atoms with Crippen molar-refractivity contribution in [2.75, 3.05) is 0 Å². The molecule has 0 amide bonds. The Hall–Kier alpha value is -1.32. The summed E-state index contributed by atoms with van der Waals surface area (Å²) in [5.41, 5.74) is 1.71. The van der Waals surface area contributed by atoms with E-state index in [1.54, 1.807) is 13.1 Å². The zero-order valence-electron chi connectivity index (χ0n) is 9.89. The largest absolute Gasteiger partial charge is 0.389 e. The van der Waals surface area contributed by atoms with Gasteiger partial charge in [-0.2, -0.15) is 0 Å². The lowest BCUT2D eigenvalue weighted by Gasteiger charge is -2.11. The Morgan fingerprint density at radius 1 is 1.47 bits per heavy atom. The number of nitrogens with zero attached hydrogens (tertiary/aromatic N) is 2. The summed E-state index contributed by atoms with van der Waals surface area (Å²) in [6.45, 7) is 3.76. The van der Waals surface area contributed by atoms with Crippen molar-refractivity contribution in [3.05, 3.63) is 47.0 Å². The first-order valence-corrected chi connectivity index (χ1v) is 6.01. The monoisotopic (exact) mass is 250 g/mol. The van der Waals surface area contributed by atoms with Crippen molar-refractivity contribution in [3.8, 4) is 5.69 Å². The van der Waals surface area contributed by atoms with Gasteiger partial charge in [0.25, 0.3) is 0 Å². The molecule has 1 aromatic heterocycles. The maximum absolute atomic E-state index is 9.52. The Morgan fingerprint density at radius 2 is 2.24 bits per heavy atom. The number of rotatable bonds is 3. The van der Waals surface area contributed by atoms with Gasteiger partial charge in [0.1, 0.15) is 5.82 Å². The van der Waals surface area contributed by atoms with Gasteiger partial charge >= 0.3 is 0 Å². The van der Waals surface area contributed by atoms with Crippen LogP contribution in [0.5, 0.6) is 0 Å². The van der Waals surface area contributed by atoms with E-state index in [0.29, 0.717) is 5.02 Å². The minimum atomic E-state index is -0.551. The van der Waals surface area contributed by atoms with Crippen LogP contribution in [0.25, 0.3) is 5.69 Å². The molecule has 0 aliphatic carbocycles. The van der Waals surface area contributed by atoms with Gasteiger partial charge in [0.05, 0.1) is 6.10 Å². The van der Waals surface area contributed by atoms with Crippen LogP contribution < -0.4 is 0 Å². The van der Waals surface area contributed by atoms with E-state index in [2.05, 4.69) is 11.9 Å². The summed E-state index contributed by atoms with van der Waals surface area (Å²) in [6, 6.07) is 5.64. The summed E-state index contributed by atoms with van der Waals surface area (Å²) in [7, 11) is 0. The quantitative estimate of drug-likeness (QED) is 0.909. The maximum atomic E-state index is 9.52. The van der Waals surface area contributed by atoms with Crippen LogP contribution in [0.2, 0.25) is 5.02 Å². The van der Waals surface area contributed by atoms with Crippen molar-refractivity contribution in [3.63, 3.8) is 0 Å². The molecule has 4 heteroatoms. The lowest BCUT2D eigenvalue weighted by Crippen LogP contribution is -2.00. The summed E-state index contributed by atoms with van der Waals surface area (Å²) < 4.78 is 2.00. The Bertz CT molecular complexity index is 520. The van der Waals surface area contributed by atoms with Crippen molar-refractivity contribution < 1.29 is 5.11 Å². The van der Waals surface area contributed by atoms with Crippen LogP contribution >= 0.6 is 11.6 Å². The van der Waals surface area contributed by atoms with E-state index in [1.165, 1.54) is 0 Å². The highest BCUT2D eigenvalue weighted by molar-refractivity contribution is 6.31. The second-order valence-electron chi connectivity index (χ2n) is 3.95. The van der Waals surface area contributed by atoms with Crippen LogP contribution in [0.15, 0.2) is 30.6 Å². The number of aliphatic hydroxyl groups excluding tert-OH is 1. The average molecular weight is 251 g/mol. The molecule has 0 spiro atoms. The predicted octanol–water partition coefficient (Wildman–Crippen LogP) is 3.14. The molecule has 0 aliphatic heterocycles. The number of aryl methyl sites for hydroxylation is 1. The molecule has 1 heterocycles. The number of benzene rings is 1. The molecule has 0 radical (unpaired) electrons. The first kappa shape index (κ1) is 12.1. The SMILES string of the molecule is CCc1nccn1-c1ccc(C(C)O)c(Cl)c1. The Balaban J connectivity index is 2.45. The molecule has 17 heavy (non-hydrogen) atoms. The third-order valence-corrected chi connectivity index (χ3v) is 3.07. The third kappa shape index (κ3) is 2.35. The highest BCUT2D eigenvalue weighted by Gasteiger charge is 2.09. The minimum Gasteiger partial charge on any atom is -0.389 e. The molecule has 2 aromatic rings. The lowest BCUT2D eigenvalue weighted by molar-refractivity contribution is 0.199. The van der Waals surface area contributed by atoms with Crippen molar-refractivity contribution >= 4 is 11.6 Å². The molecule has 1 atom stereocenters. The molecule has 1 unspecified atom stereocenters. The standard InChI is InChI=1S/C13H15ClN2O/c1-3-13-15-6-7-16(13)10-4-5-11(9(2)17)12(14)8-10/h4-9,17H,3H2,1-2H3. The molecular formula is C13H15ClN2O. The highest BCUT2D eigenvalue weighted by atomic mass is 35.5. The molecule has 0 saturated heterocycles. The van der Waals surface area contributed by atoms with Crippen LogP contribution in [0, 0.1) is 0 Å². The number of hydrogen-bond acceptors (Lipinski definition) is 2. The number of hydrogen-bond donors (Lipinski definition) is 1. The van der Waals surface area contributed by atoms with E-state index in [1.807, 2.05) is 29.0 Å². The maximum Gasteiger partial charge on any atom is 0.112 e. The Labute approximate surface area is 106 Å². The minimum absolute atomic E-state index is 0.551. The van der Waals surface area contributed by atoms with Gasteiger partial charge in [-0.05, 0) is 24.6 Å². The highest BCUT2D eigenvalue weighted by Crippen LogP contribution is 2.25. The summed E-state index contributed by atoms with van der Waals surface area (Å²) >= 11 is 6.14. The number of aromatic nitrogens is 2. The van der Waals surface area contributed by atoms with Crippen molar-refractivity contribution in [1.82, 2.24) is 9.55 Å². The number of imidazole rings is 1. The van der Waals surface area contributed by atoms with Gasteiger partial charge in [-0.3, -0.25) is 0 Å².